The number of benzene rings is 1. The first-order valence-electron chi connectivity index (χ1n) is 5.81. The van der Waals surface area contributed by atoms with E-state index in [1.807, 2.05) is 41.8 Å². The molecule has 0 fully saturated rings. The molecule has 0 saturated carbocycles. The van der Waals surface area contributed by atoms with E-state index >= 15 is 0 Å². The number of nitrogen functional groups attached to an aromatic ring is 1. The number of thiophene rings is 1. The van der Waals surface area contributed by atoms with E-state index in [4.69, 9.17) is 10.5 Å². The second kappa shape index (κ2) is 4.78. The van der Waals surface area contributed by atoms with Gasteiger partial charge in [0.15, 0.2) is 5.82 Å². The molecule has 5 heteroatoms. The van der Waals surface area contributed by atoms with Crippen molar-refractivity contribution in [3.05, 3.63) is 41.8 Å². The minimum Gasteiger partial charge on any atom is -0.497 e. The molecule has 2 aromatic heterocycles. The molecule has 1 aromatic carbocycles. The van der Waals surface area contributed by atoms with Crippen LogP contribution in [0.2, 0.25) is 0 Å². The summed E-state index contributed by atoms with van der Waals surface area (Å²) in [6, 6.07) is 11.9. The van der Waals surface area contributed by atoms with Crippen LogP contribution in [0.25, 0.3) is 21.7 Å². The monoisotopic (exact) mass is 271 g/mol. The van der Waals surface area contributed by atoms with Gasteiger partial charge in [0.2, 0.25) is 0 Å². The molecule has 0 saturated heterocycles. The van der Waals surface area contributed by atoms with E-state index < -0.39 is 0 Å². The van der Waals surface area contributed by atoms with Crippen LogP contribution in [-0.2, 0) is 0 Å². The van der Waals surface area contributed by atoms with Gasteiger partial charge in [-0.15, -0.1) is 11.3 Å². The molecule has 3 aromatic rings. The zero-order valence-electron chi connectivity index (χ0n) is 10.4. The third-order valence-electron chi connectivity index (χ3n) is 2.94. The lowest BCUT2D eigenvalue weighted by Crippen LogP contribution is -1.87. The van der Waals surface area contributed by atoms with Crippen molar-refractivity contribution in [1.82, 2.24) is 10.2 Å². The fraction of sp³-hybridized carbons (Fsp3) is 0.0714. The van der Waals surface area contributed by atoms with Gasteiger partial charge >= 0.3 is 0 Å². The molecule has 0 amide bonds. The van der Waals surface area contributed by atoms with Gasteiger partial charge in [-0.1, -0.05) is 6.07 Å². The molecule has 3 rings (SSSR count). The largest absolute Gasteiger partial charge is 0.497 e. The second-order valence-electron chi connectivity index (χ2n) is 4.06. The highest BCUT2D eigenvalue weighted by Gasteiger charge is 2.15. The Kier molecular flexibility index (Phi) is 2.97. The van der Waals surface area contributed by atoms with Crippen molar-refractivity contribution < 1.29 is 4.74 Å². The fourth-order valence-electron chi connectivity index (χ4n) is 1.99. The van der Waals surface area contributed by atoms with Crippen molar-refractivity contribution >= 4 is 17.2 Å². The standard InChI is InChI=1S/C14H13N3OS/c1-18-10-6-4-9(5-7-10)13-12(14(15)17-16-13)11-3-2-8-19-11/h2-8H,1H3,(H3,15,16,17). The van der Waals surface area contributed by atoms with Crippen molar-refractivity contribution in [1.29, 1.82) is 0 Å². The van der Waals surface area contributed by atoms with Gasteiger partial charge in [-0.3, -0.25) is 5.10 Å². The number of rotatable bonds is 3. The molecule has 0 unspecified atom stereocenters. The predicted molar refractivity (Wildman–Crippen MR) is 78.3 cm³/mol. The topological polar surface area (TPSA) is 63.9 Å². The van der Waals surface area contributed by atoms with Crippen LogP contribution in [-0.4, -0.2) is 17.3 Å². The van der Waals surface area contributed by atoms with Gasteiger partial charge in [0, 0.05) is 10.4 Å². The van der Waals surface area contributed by atoms with Crippen molar-refractivity contribution in [2.24, 2.45) is 0 Å². The molecular weight excluding hydrogens is 258 g/mol. The summed E-state index contributed by atoms with van der Waals surface area (Å²) in [4.78, 5) is 1.11. The van der Waals surface area contributed by atoms with Gasteiger partial charge in [-0.05, 0) is 35.7 Å². The molecule has 0 radical (unpaired) electrons. The van der Waals surface area contributed by atoms with Crippen LogP contribution in [0.15, 0.2) is 41.8 Å². The molecule has 4 nitrogen and oxygen atoms in total. The third kappa shape index (κ3) is 2.08. The van der Waals surface area contributed by atoms with E-state index in [0.29, 0.717) is 5.82 Å². The van der Waals surface area contributed by atoms with Crippen molar-refractivity contribution in [2.75, 3.05) is 12.8 Å². The van der Waals surface area contributed by atoms with Crippen LogP contribution < -0.4 is 10.5 Å². The highest BCUT2D eigenvalue weighted by Crippen LogP contribution is 2.37. The first-order valence-corrected chi connectivity index (χ1v) is 6.69. The minimum atomic E-state index is 0.522. The fourth-order valence-corrected chi connectivity index (χ4v) is 2.78. The summed E-state index contributed by atoms with van der Waals surface area (Å²) in [5.74, 6) is 1.35. The number of aromatic nitrogens is 2. The van der Waals surface area contributed by atoms with Crippen LogP contribution in [0, 0.1) is 0 Å². The van der Waals surface area contributed by atoms with E-state index in [9.17, 15) is 0 Å². The Balaban J connectivity index is 2.10. The predicted octanol–water partition coefficient (Wildman–Crippen LogP) is 3.40. The van der Waals surface area contributed by atoms with Crippen LogP contribution in [0.4, 0.5) is 5.82 Å². The van der Waals surface area contributed by atoms with Gasteiger partial charge in [-0.2, -0.15) is 5.10 Å². The lowest BCUT2D eigenvalue weighted by Gasteiger charge is -2.04. The van der Waals surface area contributed by atoms with Gasteiger partial charge in [0.05, 0.1) is 18.4 Å². The van der Waals surface area contributed by atoms with E-state index in [-0.39, 0.29) is 0 Å². The number of nitrogens with zero attached hydrogens (tertiary/aromatic N) is 1. The molecular formula is C14H13N3OS. The molecule has 0 atom stereocenters. The second-order valence-corrected chi connectivity index (χ2v) is 5.01. The van der Waals surface area contributed by atoms with Gasteiger partial charge in [0.1, 0.15) is 5.75 Å². The van der Waals surface area contributed by atoms with Crippen LogP contribution in [0.1, 0.15) is 0 Å². The molecule has 19 heavy (non-hydrogen) atoms. The van der Waals surface area contributed by atoms with E-state index in [2.05, 4.69) is 10.2 Å². The number of hydrogen-bond acceptors (Lipinski definition) is 4. The Labute approximate surface area is 114 Å². The maximum absolute atomic E-state index is 5.97. The number of nitrogens with two attached hydrogens (primary N) is 1. The lowest BCUT2D eigenvalue weighted by atomic mass is 10.1. The number of H-pyrrole nitrogens is 1. The molecule has 2 heterocycles. The summed E-state index contributed by atoms with van der Waals surface area (Å²) in [6.07, 6.45) is 0. The Morgan fingerprint density at radius 1 is 1.21 bits per heavy atom. The zero-order valence-corrected chi connectivity index (χ0v) is 11.2. The van der Waals surface area contributed by atoms with Crippen LogP contribution in [0.3, 0.4) is 0 Å². The van der Waals surface area contributed by atoms with Gasteiger partial charge in [-0.25, -0.2) is 0 Å². The molecule has 0 spiro atoms. The summed E-state index contributed by atoms with van der Waals surface area (Å²) >= 11 is 1.65. The molecule has 0 bridgehead atoms. The summed E-state index contributed by atoms with van der Waals surface area (Å²) in [7, 11) is 1.65. The van der Waals surface area contributed by atoms with E-state index in [1.54, 1.807) is 18.4 Å². The number of ether oxygens (including phenoxy) is 1. The summed E-state index contributed by atoms with van der Waals surface area (Å²) in [5, 5.41) is 9.15. The highest BCUT2D eigenvalue weighted by atomic mass is 32.1. The van der Waals surface area contributed by atoms with Gasteiger partial charge in [0.25, 0.3) is 0 Å². The molecule has 3 N–H and O–H groups in total. The zero-order chi connectivity index (χ0) is 13.2. The van der Waals surface area contributed by atoms with Crippen LogP contribution >= 0.6 is 11.3 Å². The number of aromatic amines is 1. The number of anilines is 1. The summed E-state index contributed by atoms with van der Waals surface area (Å²) in [5.41, 5.74) is 8.89. The smallest absolute Gasteiger partial charge is 0.154 e. The average Bonchev–Trinajstić information content (AvgIpc) is 3.08. The normalized spacial score (nSPS) is 10.6. The third-order valence-corrected chi connectivity index (χ3v) is 3.83. The Morgan fingerprint density at radius 3 is 2.63 bits per heavy atom. The first kappa shape index (κ1) is 11.8. The molecule has 0 aliphatic rings. The van der Waals surface area contributed by atoms with Crippen molar-refractivity contribution in [3.63, 3.8) is 0 Å². The number of hydrogen-bond donors (Lipinski definition) is 2. The lowest BCUT2D eigenvalue weighted by molar-refractivity contribution is 0.415. The Morgan fingerprint density at radius 2 is 2.00 bits per heavy atom. The van der Waals surface area contributed by atoms with Gasteiger partial charge < -0.3 is 10.5 Å². The maximum atomic E-state index is 5.97. The van der Waals surface area contributed by atoms with Crippen molar-refractivity contribution in [3.8, 4) is 27.4 Å². The SMILES string of the molecule is COc1ccc(-c2[nH]nc(N)c2-c2cccs2)cc1. The first-order chi connectivity index (χ1) is 9.29. The minimum absolute atomic E-state index is 0.522. The molecule has 0 aliphatic carbocycles. The molecule has 0 aliphatic heterocycles. The van der Waals surface area contributed by atoms with E-state index in [1.165, 1.54) is 0 Å². The average molecular weight is 271 g/mol. The quantitative estimate of drug-likeness (QED) is 0.767. The highest BCUT2D eigenvalue weighted by molar-refractivity contribution is 7.13. The van der Waals surface area contributed by atoms with E-state index in [0.717, 1.165) is 27.4 Å². The van der Waals surface area contributed by atoms with Crippen molar-refractivity contribution in [2.45, 2.75) is 0 Å². The summed E-state index contributed by atoms with van der Waals surface area (Å²) < 4.78 is 5.16. The summed E-state index contributed by atoms with van der Waals surface area (Å²) in [6.45, 7) is 0. The maximum Gasteiger partial charge on any atom is 0.154 e. The number of nitrogens with one attached hydrogen (secondary N) is 1. The molecule has 96 valence electrons. The number of methoxy groups -OCH3 is 1. The van der Waals surface area contributed by atoms with Crippen LogP contribution in [0.5, 0.6) is 5.75 Å². The Hall–Kier alpha value is -2.27. The Bertz CT molecular complexity index is 671.